The molecule has 1 aliphatic carbocycles. The van der Waals surface area contributed by atoms with Gasteiger partial charge in [0.05, 0.1) is 6.04 Å². The van der Waals surface area contributed by atoms with Gasteiger partial charge in [0, 0.05) is 12.1 Å². The van der Waals surface area contributed by atoms with Gasteiger partial charge in [0.25, 0.3) is 0 Å². The molecule has 1 saturated heterocycles. The Bertz CT molecular complexity index is 510. The Morgan fingerprint density at radius 1 is 1.10 bits per heavy atom. The number of hydrogen-bond acceptors (Lipinski definition) is 3. The van der Waals surface area contributed by atoms with Crippen LogP contribution in [0, 0.1) is 0 Å². The summed E-state index contributed by atoms with van der Waals surface area (Å²) in [5, 5.41) is 0. The molecule has 3 rings (SSSR count). The van der Waals surface area contributed by atoms with Gasteiger partial charge in [-0.1, -0.05) is 30.7 Å². The maximum atomic E-state index is 13.1. The van der Waals surface area contributed by atoms with E-state index in [1.54, 1.807) is 0 Å². The van der Waals surface area contributed by atoms with Gasteiger partial charge >= 0.3 is 0 Å². The first-order valence-corrected chi connectivity index (χ1v) is 8.18. The minimum absolute atomic E-state index is 0.00118. The minimum atomic E-state index is -0.00118. The fraction of sp³-hybridized carbons (Fsp3) is 0.611. The molecule has 0 N–H and O–H groups in total. The van der Waals surface area contributed by atoms with Gasteiger partial charge in [0.1, 0.15) is 0 Å². The summed E-state index contributed by atoms with van der Waals surface area (Å²) >= 11 is 0. The van der Waals surface area contributed by atoms with Crippen LogP contribution < -0.4 is 0 Å². The molecular weight excluding hydrogens is 260 g/mol. The largest absolute Gasteiger partial charge is 0.304 e. The third-order valence-corrected chi connectivity index (χ3v) is 5.14. The lowest BCUT2D eigenvalue weighted by atomic mass is 9.77. The number of hydrogen-bond donors (Lipinski definition) is 0. The first-order valence-electron chi connectivity index (χ1n) is 8.18. The molecule has 0 spiro atoms. The zero-order chi connectivity index (χ0) is 14.8. The fourth-order valence-electron chi connectivity index (χ4n) is 3.53. The van der Waals surface area contributed by atoms with Crippen molar-refractivity contribution in [3.8, 4) is 0 Å². The van der Waals surface area contributed by atoms with Crippen LogP contribution in [0.5, 0.6) is 0 Å². The van der Waals surface area contributed by atoms with Gasteiger partial charge in [-0.2, -0.15) is 0 Å². The minimum Gasteiger partial charge on any atom is -0.304 e. The van der Waals surface area contributed by atoms with Gasteiger partial charge in [0.2, 0.25) is 0 Å². The number of rotatable bonds is 3. The van der Waals surface area contributed by atoms with E-state index >= 15 is 0 Å². The molecule has 3 nitrogen and oxygen atoms in total. The highest BCUT2D eigenvalue weighted by Gasteiger charge is 2.31. The third-order valence-electron chi connectivity index (χ3n) is 5.14. The predicted octanol–water partition coefficient (Wildman–Crippen LogP) is 2.77. The highest BCUT2D eigenvalue weighted by atomic mass is 16.1. The second-order valence-electron chi connectivity index (χ2n) is 6.69. The van der Waals surface area contributed by atoms with Crippen molar-refractivity contribution >= 4 is 5.78 Å². The first kappa shape index (κ1) is 14.7. The molecule has 0 radical (unpaired) electrons. The van der Waals surface area contributed by atoms with E-state index in [1.165, 1.54) is 24.8 Å². The zero-order valence-electron chi connectivity index (χ0n) is 13.2. The Morgan fingerprint density at radius 3 is 2.57 bits per heavy atom. The molecule has 1 atom stereocenters. The van der Waals surface area contributed by atoms with Crippen LogP contribution in [0.15, 0.2) is 24.3 Å². The standard InChI is InChI=1S/C18H26N2O/c1-19-11-6-12-20(2)17(13-19)18(21)16-10-4-3-9-15(16)14-7-5-8-14/h3-4,9-10,14,17H,5-8,11-13H2,1-2H3. The molecule has 0 aromatic heterocycles. The summed E-state index contributed by atoms with van der Waals surface area (Å²) < 4.78 is 0. The van der Waals surface area contributed by atoms with Crippen molar-refractivity contribution in [1.29, 1.82) is 0 Å². The molecule has 1 aromatic carbocycles. The lowest BCUT2D eigenvalue weighted by Gasteiger charge is -2.30. The molecule has 1 aliphatic heterocycles. The highest BCUT2D eigenvalue weighted by molar-refractivity contribution is 6.01. The maximum absolute atomic E-state index is 13.1. The molecule has 1 aromatic rings. The van der Waals surface area contributed by atoms with Crippen molar-refractivity contribution in [1.82, 2.24) is 9.80 Å². The van der Waals surface area contributed by atoms with Crippen molar-refractivity contribution in [2.75, 3.05) is 33.7 Å². The number of likely N-dealkylation sites (N-methyl/N-ethyl adjacent to an activating group) is 2. The molecule has 3 heteroatoms. The summed E-state index contributed by atoms with van der Waals surface area (Å²) in [5.74, 6) is 0.924. The van der Waals surface area contributed by atoms with Gasteiger partial charge in [-0.05, 0) is 57.9 Å². The van der Waals surface area contributed by atoms with Gasteiger partial charge in [-0.15, -0.1) is 0 Å². The van der Waals surface area contributed by atoms with Crippen LogP contribution in [0.4, 0.5) is 0 Å². The van der Waals surface area contributed by atoms with E-state index < -0.39 is 0 Å². The van der Waals surface area contributed by atoms with E-state index in [2.05, 4.69) is 36.0 Å². The van der Waals surface area contributed by atoms with Gasteiger partial charge in [-0.25, -0.2) is 0 Å². The highest BCUT2D eigenvalue weighted by Crippen LogP contribution is 2.38. The third kappa shape index (κ3) is 3.04. The smallest absolute Gasteiger partial charge is 0.181 e. The average Bonchev–Trinajstić information content (AvgIpc) is 2.58. The van der Waals surface area contributed by atoms with Crippen LogP contribution in [-0.4, -0.2) is 55.4 Å². The van der Waals surface area contributed by atoms with Crippen molar-refractivity contribution < 1.29 is 4.79 Å². The van der Waals surface area contributed by atoms with Crippen LogP contribution in [0.2, 0.25) is 0 Å². The SMILES string of the molecule is CN1CCCN(C)C(C(=O)c2ccccc2C2CCC2)C1. The van der Waals surface area contributed by atoms with Gasteiger partial charge in [-0.3, -0.25) is 9.69 Å². The fourth-order valence-corrected chi connectivity index (χ4v) is 3.53. The van der Waals surface area contributed by atoms with Crippen molar-refractivity contribution in [2.24, 2.45) is 0 Å². The monoisotopic (exact) mass is 286 g/mol. The number of carbonyl (C=O) groups is 1. The maximum Gasteiger partial charge on any atom is 0.181 e. The molecule has 2 aliphatic rings. The van der Waals surface area contributed by atoms with E-state index in [9.17, 15) is 4.79 Å². The number of ketones is 1. The second-order valence-corrected chi connectivity index (χ2v) is 6.69. The number of carbonyl (C=O) groups excluding carboxylic acids is 1. The molecule has 21 heavy (non-hydrogen) atoms. The van der Waals surface area contributed by atoms with Crippen molar-refractivity contribution in [3.05, 3.63) is 35.4 Å². The van der Waals surface area contributed by atoms with E-state index in [-0.39, 0.29) is 6.04 Å². The van der Waals surface area contributed by atoms with Crippen LogP contribution in [0.3, 0.4) is 0 Å². The first-order chi connectivity index (χ1) is 10.2. The predicted molar refractivity (Wildman–Crippen MR) is 85.9 cm³/mol. The summed E-state index contributed by atoms with van der Waals surface area (Å²) in [6.07, 6.45) is 4.93. The Labute approximate surface area is 127 Å². The molecule has 0 amide bonds. The van der Waals surface area contributed by atoms with E-state index in [4.69, 9.17) is 0 Å². The molecule has 114 valence electrons. The number of benzene rings is 1. The number of nitrogens with zero attached hydrogens (tertiary/aromatic N) is 2. The van der Waals surface area contributed by atoms with E-state index in [0.29, 0.717) is 11.7 Å². The lowest BCUT2D eigenvalue weighted by Crippen LogP contribution is -2.44. The quantitative estimate of drug-likeness (QED) is 0.798. The Balaban J connectivity index is 1.86. The normalized spacial score (nSPS) is 25.3. The molecular formula is C18H26N2O. The summed E-state index contributed by atoms with van der Waals surface area (Å²) in [6.45, 7) is 2.93. The van der Waals surface area contributed by atoms with E-state index in [0.717, 1.165) is 31.6 Å². The Morgan fingerprint density at radius 2 is 1.86 bits per heavy atom. The summed E-state index contributed by atoms with van der Waals surface area (Å²) in [5.41, 5.74) is 2.25. The van der Waals surface area contributed by atoms with Crippen molar-refractivity contribution in [2.45, 2.75) is 37.6 Å². The summed E-state index contributed by atoms with van der Waals surface area (Å²) in [4.78, 5) is 17.6. The van der Waals surface area contributed by atoms with Crippen LogP contribution in [0.25, 0.3) is 0 Å². The van der Waals surface area contributed by atoms with Crippen LogP contribution in [0.1, 0.15) is 47.5 Å². The van der Waals surface area contributed by atoms with E-state index in [1.807, 2.05) is 12.1 Å². The van der Waals surface area contributed by atoms with Crippen LogP contribution in [-0.2, 0) is 0 Å². The molecule has 0 bridgehead atoms. The Kier molecular flexibility index (Phi) is 4.41. The van der Waals surface area contributed by atoms with Crippen LogP contribution >= 0.6 is 0 Å². The average molecular weight is 286 g/mol. The molecule has 1 heterocycles. The summed E-state index contributed by atoms with van der Waals surface area (Å²) in [7, 11) is 4.21. The van der Waals surface area contributed by atoms with Crippen molar-refractivity contribution in [3.63, 3.8) is 0 Å². The zero-order valence-corrected chi connectivity index (χ0v) is 13.2. The summed E-state index contributed by atoms with van der Waals surface area (Å²) in [6, 6.07) is 8.29. The Hall–Kier alpha value is -1.19. The lowest BCUT2D eigenvalue weighted by molar-refractivity contribution is 0.0837. The molecule has 1 unspecified atom stereocenters. The second kappa shape index (κ2) is 6.29. The molecule has 2 fully saturated rings. The van der Waals surface area contributed by atoms with Gasteiger partial charge in [0.15, 0.2) is 5.78 Å². The number of Topliss-reactive ketones (excluding diaryl/α,β-unsaturated/α-hetero) is 1. The van der Waals surface area contributed by atoms with Gasteiger partial charge < -0.3 is 4.90 Å². The topological polar surface area (TPSA) is 23.6 Å². The molecule has 1 saturated carbocycles.